The molecule has 8 nitrogen and oxygen atoms in total. The van der Waals surface area contributed by atoms with Crippen molar-refractivity contribution in [2.75, 3.05) is 19.6 Å². The lowest BCUT2D eigenvalue weighted by molar-refractivity contribution is 0.175. The minimum Gasteiger partial charge on any atom is -0.319 e. The zero-order valence-corrected chi connectivity index (χ0v) is 13.4. The van der Waals surface area contributed by atoms with Crippen LogP contribution in [0, 0.1) is 0 Å². The van der Waals surface area contributed by atoms with Gasteiger partial charge in [-0.3, -0.25) is 5.10 Å². The standard InChI is InChI=1S/C17H17N7O/c25-16-22-17(15-19-4-1-5-20-15,14-10-18-6-7-24(14)16)12-3-2-11-9-21-23-13(11)8-12/h1-5,8-9,14,18H,6-7,10H2,(H,21,23)(H,22,25). The van der Waals surface area contributed by atoms with Crippen molar-refractivity contribution in [1.82, 2.24) is 35.7 Å². The molecular formula is C17H17N7O. The fourth-order valence-electron chi connectivity index (χ4n) is 3.94. The van der Waals surface area contributed by atoms with Gasteiger partial charge in [-0.2, -0.15) is 5.10 Å². The number of fused-ring (bicyclic) bond motifs is 2. The van der Waals surface area contributed by atoms with E-state index in [2.05, 4.69) is 30.8 Å². The Labute approximate surface area is 143 Å². The summed E-state index contributed by atoms with van der Waals surface area (Å²) in [5.74, 6) is 0.596. The smallest absolute Gasteiger partial charge is 0.318 e. The molecular weight excluding hydrogens is 318 g/mol. The van der Waals surface area contributed by atoms with Gasteiger partial charge in [-0.1, -0.05) is 12.1 Å². The highest BCUT2D eigenvalue weighted by molar-refractivity contribution is 5.83. The van der Waals surface area contributed by atoms with E-state index in [1.54, 1.807) is 24.7 Å². The number of benzene rings is 1. The molecule has 4 heterocycles. The molecule has 5 rings (SSSR count). The van der Waals surface area contributed by atoms with Crippen LogP contribution in [0.4, 0.5) is 4.79 Å². The van der Waals surface area contributed by atoms with Crippen molar-refractivity contribution in [3.63, 3.8) is 0 Å². The van der Waals surface area contributed by atoms with Crippen LogP contribution in [0.3, 0.4) is 0 Å². The normalized spacial score (nSPS) is 25.8. The molecule has 0 aliphatic carbocycles. The van der Waals surface area contributed by atoms with E-state index < -0.39 is 5.54 Å². The van der Waals surface area contributed by atoms with E-state index in [1.165, 1.54) is 0 Å². The van der Waals surface area contributed by atoms with Gasteiger partial charge in [0.2, 0.25) is 0 Å². The van der Waals surface area contributed by atoms with Crippen LogP contribution in [0.1, 0.15) is 11.4 Å². The van der Waals surface area contributed by atoms with Crippen molar-refractivity contribution in [2.45, 2.75) is 11.6 Å². The monoisotopic (exact) mass is 335 g/mol. The summed E-state index contributed by atoms with van der Waals surface area (Å²) in [5.41, 5.74) is 1.06. The van der Waals surface area contributed by atoms with E-state index in [0.29, 0.717) is 18.9 Å². The van der Waals surface area contributed by atoms with Crippen LogP contribution in [0.5, 0.6) is 0 Å². The summed E-state index contributed by atoms with van der Waals surface area (Å²) in [6.07, 6.45) is 5.21. The van der Waals surface area contributed by atoms with Crippen molar-refractivity contribution < 1.29 is 4.79 Å². The van der Waals surface area contributed by atoms with E-state index >= 15 is 0 Å². The number of H-pyrrole nitrogens is 1. The first-order valence-electron chi connectivity index (χ1n) is 8.29. The summed E-state index contributed by atoms with van der Waals surface area (Å²) in [6.45, 7) is 2.13. The van der Waals surface area contributed by atoms with Crippen LogP contribution in [0.15, 0.2) is 42.9 Å². The lowest BCUT2D eigenvalue weighted by Crippen LogP contribution is -2.57. The second-order valence-corrected chi connectivity index (χ2v) is 6.40. The first-order chi connectivity index (χ1) is 12.3. The van der Waals surface area contributed by atoms with Crippen LogP contribution < -0.4 is 10.6 Å². The molecule has 2 aliphatic rings. The molecule has 0 saturated carbocycles. The minimum atomic E-state index is -0.801. The van der Waals surface area contributed by atoms with Crippen LogP contribution in [-0.2, 0) is 5.54 Å². The molecule has 2 amide bonds. The molecule has 25 heavy (non-hydrogen) atoms. The number of rotatable bonds is 2. The quantitative estimate of drug-likeness (QED) is 0.637. The number of piperazine rings is 1. The Balaban J connectivity index is 1.75. The number of nitrogens with zero attached hydrogens (tertiary/aromatic N) is 4. The van der Waals surface area contributed by atoms with Gasteiger partial charge in [0.25, 0.3) is 0 Å². The molecule has 1 aromatic carbocycles. The fraction of sp³-hybridized carbons (Fsp3) is 0.294. The summed E-state index contributed by atoms with van der Waals surface area (Å²) in [6, 6.07) is 7.65. The molecule has 0 spiro atoms. The predicted molar refractivity (Wildman–Crippen MR) is 90.8 cm³/mol. The fourth-order valence-corrected chi connectivity index (χ4v) is 3.94. The number of hydrogen-bond acceptors (Lipinski definition) is 5. The maximum absolute atomic E-state index is 12.7. The topological polar surface area (TPSA) is 98.8 Å². The first-order valence-corrected chi connectivity index (χ1v) is 8.29. The summed E-state index contributed by atoms with van der Waals surface area (Å²) < 4.78 is 0. The average Bonchev–Trinajstić information content (AvgIpc) is 3.25. The van der Waals surface area contributed by atoms with Crippen LogP contribution >= 0.6 is 0 Å². The molecule has 2 saturated heterocycles. The number of urea groups is 1. The SMILES string of the molecule is O=C1NC(c2ccc3cn[nH]c3c2)(c2ncccn2)C2CNCCN12. The van der Waals surface area contributed by atoms with Gasteiger partial charge in [-0.05, 0) is 17.7 Å². The Hall–Kier alpha value is -3.00. The molecule has 126 valence electrons. The molecule has 2 aliphatic heterocycles. The summed E-state index contributed by atoms with van der Waals surface area (Å²) in [4.78, 5) is 23.6. The van der Waals surface area contributed by atoms with Crippen molar-refractivity contribution in [1.29, 1.82) is 0 Å². The molecule has 3 N–H and O–H groups in total. The Kier molecular flexibility index (Phi) is 3.01. The highest BCUT2D eigenvalue weighted by atomic mass is 16.2. The molecule has 2 unspecified atom stereocenters. The van der Waals surface area contributed by atoms with Crippen LogP contribution in [0.2, 0.25) is 0 Å². The molecule has 8 heteroatoms. The molecule has 0 radical (unpaired) electrons. The van der Waals surface area contributed by atoms with Gasteiger partial charge in [-0.15, -0.1) is 0 Å². The van der Waals surface area contributed by atoms with Crippen LogP contribution in [0.25, 0.3) is 10.9 Å². The number of nitrogens with one attached hydrogen (secondary N) is 3. The van der Waals surface area contributed by atoms with E-state index in [0.717, 1.165) is 23.0 Å². The lowest BCUT2D eigenvalue weighted by atomic mass is 9.81. The van der Waals surface area contributed by atoms with Crippen molar-refractivity contribution in [3.05, 3.63) is 54.2 Å². The molecule has 2 aromatic heterocycles. The molecule has 2 atom stereocenters. The second-order valence-electron chi connectivity index (χ2n) is 6.40. The second kappa shape index (κ2) is 5.25. The Bertz CT molecular complexity index is 940. The number of amides is 2. The van der Waals surface area contributed by atoms with E-state index in [4.69, 9.17) is 0 Å². The Morgan fingerprint density at radius 2 is 2.12 bits per heavy atom. The summed E-state index contributed by atoms with van der Waals surface area (Å²) >= 11 is 0. The van der Waals surface area contributed by atoms with Gasteiger partial charge in [0.05, 0.1) is 17.8 Å². The molecule has 0 bridgehead atoms. The largest absolute Gasteiger partial charge is 0.319 e. The van der Waals surface area contributed by atoms with Gasteiger partial charge in [-0.25, -0.2) is 14.8 Å². The zero-order chi connectivity index (χ0) is 16.9. The van der Waals surface area contributed by atoms with E-state index in [9.17, 15) is 4.79 Å². The maximum atomic E-state index is 12.7. The summed E-state index contributed by atoms with van der Waals surface area (Å²) in [5, 5.41) is 14.7. The average molecular weight is 335 g/mol. The minimum absolute atomic E-state index is 0.0799. The third kappa shape index (κ3) is 1.97. The van der Waals surface area contributed by atoms with Crippen molar-refractivity contribution >= 4 is 16.9 Å². The maximum Gasteiger partial charge on any atom is 0.318 e. The van der Waals surface area contributed by atoms with Gasteiger partial charge < -0.3 is 15.5 Å². The highest BCUT2D eigenvalue weighted by Crippen LogP contribution is 2.39. The predicted octanol–water partition coefficient (Wildman–Crippen LogP) is 0.593. The van der Waals surface area contributed by atoms with Crippen molar-refractivity contribution in [2.24, 2.45) is 0 Å². The number of carbonyl (C=O) groups excluding carboxylic acids is 1. The van der Waals surface area contributed by atoms with Crippen molar-refractivity contribution in [3.8, 4) is 0 Å². The zero-order valence-electron chi connectivity index (χ0n) is 13.4. The molecule has 3 aromatic rings. The van der Waals surface area contributed by atoms with E-state index in [1.807, 2.05) is 23.1 Å². The number of hydrogen-bond donors (Lipinski definition) is 3. The Morgan fingerprint density at radius 3 is 3.00 bits per heavy atom. The molecule has 2 fully saturated rings. The van der Waals surface area contributed by atoms with E-state index in [-0.39, 0.29) is 12.1 Å². The highest BCUT2D eigenvalue weighted by Gasteiger charge is 2.56. The van der Waals surface area contributed by atoms with Gasteiger partial charge in [0.1, 0.15) is 5.54 Å². The van der Waals surface area contributed by atoms with Gasteiger partial charge in [0, 0.05) is 37.4 Å². The number of aromatic nitrogens is 4. The lowest BCUT2D eigenvalue weighted by Gasteiger charge is -2.38. The Morgan fingerprint density at radius 1 is 1.24 bits per heavy atom. The first kappa shape index (κ1) is 14.4. The third-order valence-corrected chi connectivity index (χ3v) is 5.12. The van der Waals surface area contributed by atoms with Gasteiger partial charge >= 0.3 is 6.03 Å². The number of carbonyl (C=O) groups is 1. The number of aromatic amines is 1. The van der Waals surface area contributed by atoms with Gasteiger partial charge in [0.15, 0.2) is 5.82 Å². The summed E-state index contributed by atoms with van der Waals surface area (Å²) in [7, 11) is 0. The third-order valence-electron chi connectivity index (χ3n) is 5.12. The van der Waals surface area contributed by atoms with Crippen LogP contribution in [-0.4, -0.2) is 56.8 Å².